The zero-order valence-corrected chi connectivity index (χ0v) is 18.2. The average Bonchev–Trinajstić information content (AvgIpc) is 2.60. The number of carbonyl (C=O) groups is 1. The molecule has 0 aliphatic carbocycles. The van der Waals surface area contributed by atoms with Crippen LogP contribution in [0.1, 0.15) is 85.8 Å². The lowest BCUT2D eigenvalue weighted by molar-refractivity contribution is 0.0564. The van der Waals surface area contributed by atoms with E-state index in [4.69, 9.17) is 4.74 Å². The third-order valence-corrected chi connectivity index (χ3v) is 5.23. The van der Waals surface area contributed by atoms with Crippen molar-refractivity contribution in [3.8, 4) is 0 Å². The van der Waals surface area contributed by atoms with Crippen LogP contribution in [0.2, 0.25) is 0 Å². The second-order valence-electron chi connectivity index (χ2n) is 8.87. The van der Waals surface area contributed by atoms with Crippen LogP contribution in [-0.2, 0) is 4.74 Å². The Hall–Kier alpha value is -1.62. The Kier molecular flexibility index (Phi) is 7.26. The molecule has 1 fully saturated rings. The van der Waals surface area contributed by atoms with Gasteiger partial charge in [-0.2, -0.15) is 0 Å². The summed E-state index contributed by atoms with van der Waals surface area (Å²) in [6.45, 7) is 15.4. The molecule has 1 saturated heterocycles. The molecular formula is C22H37N3O2. The minimum atomic E-state index is -0.535. The van der Waals surface area contributed by atoms with Crippen LogP contribution in [0.4, 0.5) is 10.6 Å². The fraction of sp³-hybridized carbons (Fsp3) is 0.727. The van der Waals surface area contributed by atoms with E-state index < -0.39 is 5.60 Å². The molecule has 0 N–H and O–H groups in total. The summed E-state index contributed by atoms with van der Waals surface area (Å²) in [5.74, 6) is 0.749. The van der Waals surface area contributed by atoms with Crippen LogP contribution in [0.25, 0.3) is 0 Å². The predicted molar refractivity (Wildman–Crippen MR) is 111 cm³/mol. The first-order valence-corrected chi connectivity index (χ1v) is 10.4. The zero-order valence-electron chi connectivity index (χ0n) is 18.2. The first-order chi connectivity index (χ1) is 12.7. The van der Waals surface area contributed by atoms with E-state index in [9.17, 15) is 4.79 Å². The maximum absolute atomic E-state index is 13.1. The smallest absolute Gasteiger partial charge is 0.416 e. The standard InChI is InChI=1S/C22H37N3O2/c1-8-17(4)25(21(26)27-22(5,6)7)20-18(12-11-14-23-20)19-13-9-10-15-24(19)16(2)3/h11-12,14,16-17,19H,8-10,13,15H2,1-7H3/t17-,19-/m1/s1. The number of nitrogens with zero attached hydrogens (tertiary/aromatic N) is 3. The number of likely N-dealkylation sites (tertiary alicyclic amines) is 1. The van der Waals surface area contributed by atoms with Crippen LogP contribution in [0.5, 0.6) is 0 Å². The third-order valence-electron chi connectivity index (χ3n) is 5.23. The summed E-state index contributed by atoms with van der Waals surface area (Å²) in [6, 6.07) is 4.88. The molecule has 0 radical (unpaired) electrons. The van der Waals surface area contributed by atoms with Gasteiger partial charge in [0.1, 0.15) is 11.4 Å². The van der Waals surface area contributed by atoms with Gasteiger partial charge in [-0.05, 0) is 73.4 Å². The van der Waals surface area contributed by atoms with Crippen LogP contribution in [-0.4, -0.2) is 40.2 Å². The lowest BCUT2D eigenvalue weighted by atomic mass is 9.93. The van der Waals surface area contributed by atoms with Crippen LogP contribution >= 0.6 is 0 Å². The van der Waals surface area contributed by atoms with Gasteiger partial charge in [-0.1, -0.05) is 19.4 Å². The number of hydrogen-bond donors (Lipinski definition) is 0. The lowest BCUT2D eigenvalue weighted by Gasteiger charge is -2.40. The molecule has 0 aromatic carbocycles. The van der Waals surface area contributed by atoms with Gasteiger partial charge in [-0.15, -0.1) is 0 Å². The van der Waals surface area contributed by atoms with E-state index >= 15 is 0 Å². The number of hydrogen-bond acceptors (Lipinski definition) is 4. The Morgan fingerprint density at radius 3 is 2.63 bits per heavy atom. The number of pyridine rings is 1. The van der Waals surface area contributed by atoms with E-state index in [1.807, 2.05) is 26.8 Å². The van der Waals surface area contributed by atoms with Crippen LogP contribution in [0.3, 0.4) is 0 Å². The molecule has 2 rings (SSSR count). The highest BCUT2D eigenvalue weighted by atomic mass is 16.6. The van der Waals surface area contributed by atoms with E-state index in [1.54, 1.807) is 11.1 Å². The summed E-state index contributed by atoms with van der Waals surface area (Å²) in [6.07, 6.45) is 5.83. The molecule has 5 nitrogen and oxygen atoms in total. The molecule has 0 saturated carbocycles. The van der Waals surface area contributed by atoms with Crippen molar-refractivity contribution in [2.45, 2.75) is 97.9 Å². The first-order valence-electron chi connectivity index (χ1n) is 10.4. The van der Waals surface area contributed by atoms with Crippen molar-refractivity contribution in [2.24, 2.45) is 0 Å². The summed E-state index contributed by atoms with van der Waals surface area (Å²) in [5.41, 5.74) is 0.601. The minimum Gasteiger partial charge on any atom is -0.443 e. The number of anilines is 1. The number of piperidine rings is 1. The van der Waals surface area contributed by atoms with E-state index in [0.717, 1.165) is 30.8 Å². The van der Waals surface area contributed by atoms with Crippen molar-refractivity contribution < 1.29 is 9.53 Å². The first kappa shape index (κ1) is 21.7. The second kappa shape index (κ2) is 9.05. The summed E-state index contributed by atoms with van der Waals surface area (Å²) >= 11 is 0. The van der Waals surface area contributed by atoms with Crippen molar-refractivity contribution in [3.05, 3.63) is 23.9 Å². The van der Waals surface area contributed by atoms with Crippen molar-refractivity contribution in [2.75, 3.05) is 11.4 Å². The van der Waals surface area contributed by atoms with Gasteiger partial charge in [0, 0.05) is 29.9 Å². The van der Waals surface area contributed by atoms with E-state index in [0.29, 0.717) is 6.04 Å². The Morgan fingerprint density at radius 1 is 1.33 bits per heavy atom. The monoisotopic (exact) mass is 375 g/mol. The topological polar surface area (TPSA) is 45.7 Å². The molecule has 1 aliphatic heterocycles. The van der Waals surface area contributed by atoms with E-state index in [1.165, 1.54) is 12.8 Å². The maximum atomic E-state index is 13.1. The van der Waals surface area contributed by atoms with Gasteiger partial charge in [0.2, 0.25) is 0 Å². The molecule has 0 unspecified atom stereocenters. The molecule has 0 spiro atoms. The fourth-order valence-electron chi connectivity index (χ4n) is 3.75. The highest BCUT2D eigenvalue weighted by Gasteiger charge is 2.34. The molecule has 1 aromatic rings. The van der Waals surface area contributed by atoms with Crippen LogP contribution < -0.4 is 4.90 Å². The third kappa shape index (κ3) is 5.44. The van der Waals surface area contributed by atoms with Gasteiger partial charge in [-0.3, -0.25) is 9.80 Å². The molecule has 2 heterocycles. The highest BCUT2D eigenvalue weighted by Crippen LogP contribution is 2.37. The Bertz CT molecular complexity index is 624. The Labute approximate surface area is 165 Å². The SMILES string of the molecule is CC[C@@H](C)N(C(=O)OC(C)(C)C)c1ncccc1[C@H]1CCCCN1C(C)C. The minimum absolute atomic E-state index is 0.0181. The number of rotatable bonds is 5. The number of ether oxygens (including phenoxy) is 1. The normalized spacial score (nSPS) is 19.8. The lowest BCUT2D eigenvalue weighted by Crippen LogP contribution is -2.44. The summed E-state index contributed by atoms with van der Waals surface area (Å²) in [7, 11) is 0. The van der Waals surface area contributed by atoms with Gasteiger partial charge < -0.3 is 4.74 Å². The van der Waals surface area contributed by atoms with Gasteiger partial charge in [0.25, 0.3) is 0 Å². The average molecular weight is 376 g/mol. The Balaban J connectivity index is 2.46. The summed E-state index contributed by atoms with van der Waals surface area (Å²) < 4.78 is 5.73. The van der Waals surface area contributed by atoms with Gasteiger partial charge in [-0.25, -0.2) is 9.78 Å². The molecular weight excluding hydrogens is 338 g/mol. The molecule has 2 atom stereocenters. The summed E-state index contributed by atoms with van der Waals surface area (Å²) in [5, 5.41) is 0. The zero-order chi connectivity index (χ0) is 20.2. The molecule has 0 bridgehead atoms. The quantitative estimate of drug-likeness (QED) is 0.676. The van der Waals surface area contributed by atoms with Crippen LogP contribution in [0, 0.1) is 0 Å². The molecule has 27 heavy (non-hydrogen) atoms. The number of aromatic nitrogens is 1. The Morgan fingerprint density at radius 2 is 2.04 bits per heavy atom. The van der Waals surface area contributed by atoms with Crippen molar-refractivity contribution in [1.82, 2.24) is 9.88 Å². The molecule has 1 amide bonds. The van der Waals surface area contributed by atoms with Crippen LogP contribution in [0.15, 0.2) is 18.3 Å². The maximum Gasteiger partial charge on any atom is 0.416 e. The van der Waals surface area contributed by atoms with E-state index in [2.05, 4.69) is 43.6 Å². The van der Waals surface area contributed by atoms with Gasteiger partial charge in [0.05, 0.1) is 0 Å². The molecule has 5 heteroatoms. The molecule has 152 valence electrons. The summed E-state index contributed by atoms with van der Waals surface area (Å²) in [4.78, 5) is 22.0. The molecule has 1 aromatic heterocycles. The number of carbonyl (C=O) groups excluding carboxylic acids is 1. The van der Waals surface area contributed by atoms with Crippen molar-refractivity contribution in [1.29, 1.82) is 0 Å². The largest absolute Gasteiger partial charge is 0.443 e. The fourth-order valence-corrected chi connectivity index (χ4v) is 3.75. The van der Waals surface area contributed by atoms with Crippen molar-refractivity contribution >= 4 is 11.9 Å². The van der Waals surface area contributed by atoms with Gasteiger partial charge in [0.15, 0.2) is 0 Å². The second-order valence-corrected chi connectivity index (χ2v) is 8.87. The van der Waals surface area contributed by atoms with Gasteiger partial charge >= 0.3 is 6.09 Å². The van der Waals surface area contributed by atoms with Crippen molar-refractivity contribution in [3.63, 3.8) is 0 Å². The number of amides is 1. The molecule has 1 aliphatic rings. The predicted octanol–water partition coefficient (Wildman–Crippen LogP) is 5.56. The highest BCUT2D eigenvalue weighted by molar-refractivity contribution is 5.88. The van der Waals surface area contributed by atoms with E-state index in [-0.39, 0.29) is 18.2 Å².